The summed E-state index contributed by atoms with van der Waals surface area (Å²) in [5.41, 5.74) is 5.50. The number of anilines is 3. The molecule has 0 spiro atoms. The van der Waals surface area contributed by atoms with Gasteiger partial charge in [-0.1, -0.05) is 44.2 Å². The molecule has 0 radical (unpaired) electrons. The second kappa shape index (κ2) is 7.77. The van der Waals surface area contributed by atoms with Gasteiger partial charge in [0.1, 0.15) is 5.75 Å². The van der Waals surface area contributed by atoms with Gasteiger partial charge in [-0.3, -0.25) is 5.32 Å². The van der Waals surface area contributed by atoms with Crippen molar-refractivity contribution in [3.05, 3.63) is 83.9 Å². The monoisotopic (exact) mass is 372 g/mol. The number of hydrogen-bond donors (Lipinski definition) is 1. The van der Waals surface area contributed by atoms with E-state index < -0.39 is 6.09 Å². The van der Waals surface area contributed by atoms with Gasteiger partial charge in [0.2, 0.25) is 0 Å². The lowest BCUT2D eigenvalue weighted by atomic mass is 10.0. The second-order valence-corrected chi connectivity index (χ2v) is 7.32. The van der Waals surface area contributed by atoms with Crippen molar-refractivity contribution in [1.29, 1.82) is 0 Å². The van der Waals surface area contributed by atoms with E-state index in [0.717, 1.165) is 18.7 Å². The van der Waals surface area contributed by atoms with E-state index in [-0.39, 0.29) is 0 Å². The molecule has 4 nitrogen and oxygen atoms in total. The van der Waals surface area contributed by atoms with E-state index in [2.05, 4.69) is 36.2 Å². The van der Waals surface area contributed by atoms with Gasteiger partial charge in [0.05, 0.1) is 0 Å². The lowest BCUT2D eigenvalue weighted by Crippen LogP contribution is -2.16. The summed E-state index contributed by atoms with van der Waals surface area (Å²) in [6.07, 6.45) is 0.454. The normalized spacial score (nSPS) is 12.8. The largest absolute Gasteiger partial charge is 0.417 e. The molecule has 4 heteroatoms. The molecule has 142 valence electrons. The van der Waals surface area contributed by atoms with E-state index in [1.165, 1.54) is 22.5 Å². The van der Waals surface area contributed by atoms with Gasteiger partial charge in [-0.2, -0.15) is 0 Å². The van der Waals surface area contributed by atoms with E-state index in [4.69, 9.17) is 4.74 Å². The fourth-order valence-electron chi connectivity index (χ4n) is 3.52. The first-order valence-electron chi connectivity index (χ1n) is 9.64. The maximum Gasteiger partial charge on any atom is 0.417 e. The molecule has 1 amide bonds. The van der Waals surface area contributed by atoms with Crippen LogP contribution in [-0.4, -0.2) is 12.6 Å². The van der Waals surface area contributed by atoms with Gasteiger partial charge in [-0.05, 0) is 65.9 Å². The Labute approximate surface area is 165 Å². The molecule has 0 bridgehead atoms. The Morgan fingerprint density at radius 2 is 1.75 bits per heavy atom. The minimum atomic E-state index is -0.477. The summed E-state index contributed by atoms with van der Waals surface area (Å²) in [6, 6.07) is 24.0. The fourth-order valence-corrected chi connectivity index (χ4v) is 3.52. The van der Waals surface area contributed by atoms with Crippen LogP contribution in [0.3, 0.4) is 0 Å². The third-order valence-electron chi connectivity index (χ3n) is 5.05. The van der Waals surface area contributed by atoms with Crippen molar-refractivity contribution in [2.75, 3.05) is 16.8 Å². The third kappa shape index (κ3) is 3.86. The highest BCUT2D eigenvalue weighted by atomic mass is 16.6. The second-order valence-electron chi connectivity index (χ2n) is 7.32. The lowest BCUT2D eigenvalue weighted by Gasteiger charge is -2.19. The molecule has 0 atom stereocenters. The number of nitrogens with one attached hydrogen (secondary N) is 1. The molecule has 0 saturated carbocycles. The Bertz CT molecular complexity index is 966. The van der Waals surface area contributed by atoms with Crippen LogP contribution in [0.2, 0.25) is 0 Å². The molecule has 0 unspecified atom stereocenters. The molecular formula is C24H24N2O2. The van der Waals surface area contributed by atoms with E-state index in [9.17, 15) is 4.79 Å². The maximum atomic E-state index is 12.2. The van der Waals surface area contributed by atoms with Crippen LogP contribution in [0.25, 0.3) is 0 Å². The molecule has 3 aromatic carbocycles. The molecule has 1 N–H and O–H groups in total. The van der Waals surface area contributed by atoms with E-state index in [0.29, 0.717) is 11.7 Å². The molecule has 4 rings (SSSR count). The first kappa shape index (κ1) is 18.1. The van der Waals surface area contributed by atoms with Crippen LogP contribution in [0.5, 0.6) is 5.75 Å². The van der Waals surface area contributed by atoms with Crippen molar-refractivity contribution in [2.24, 2.45) is 0 Å². The summed E-state index contributed by atoms with van der Waals surface area (Å²) in [7, 11) is 0. The van der Waals surface area contributed by atoms with Crippen LogP contribution in [0, 0.1) is 0 Å². The molecular weight excluding hydrogens is 348 g/mol. The Morgan fingerprint density at radius 3 is 2.46 bits per heavy atom. The summed E-state index contributed by atoms with van der Waals surface area (Å²) in [4.78, 5) is 14.5. The molecule has 1 aliphatic rings. The number of rotatable bonds is 4. The van der Waals surface area contributed by atoms with Gasteiger partial charge in [0.25, 0.3) is 0 Å². The Balaban J connectivity index is 1.43. The molecule has 1 aliphatic heterocycles. The minimum absolute atomic E-state index is 0.461. The SMILES string of the molecule is CC(C)c1ccc(NC(=O)Oc2ccc3c(c2)CCN3c2ccccc2)cc1. The van der Waals surface area contributed by atoms with Gasteiger partial charge in [-0.25, -0.2) is 4.79 Å². The standard InChI is InChI=1S/C24H24N2O2/c1-17(2)18-8-10-20(11-9-18)25-24(27)28-22-12-13-23-19(16-22)14-15-26(23)21-6-4-3-5-7-21/h3-13,16-17H,14-15H2,1-2H3,(H,25,27). The Morgan fingerprint density at radius 1 is 1.00 bits per heavy atom. The van der Waals surface area contributed by atoms with Crippen molar-refractivity contribution in [1.82, 2.24) is 0 Å². The van der Waals surface area contributed by atoms with Crippen LogP contribution >= 0.6 is 0 Å². The number of carbonyl (C=O) groups excluding carboxylic acids is 1. The number of fused-ring (bicyclic) bond motifs is 1. The number of benzene rings is 3. The van der Waals surface area contributed by atoms with Gasteiger partial charge in [0, 0.05) is 23.6 Å². The molecule has 0 aromatic heterocycles. The van der Waals surface area contributed by atoms with Crippen molar-refractivity contribution in [3.8, 4) is 5.75 Å². The number of hydrogen-bond acceptors (Lipinski definition) is 3. The van der Waals surface area contributed by atoms with Crippen LogP contribution in [0.1, 0.15) is 30.9 Å². The zero-order valence-electron chi connectivity index (χ0n) is 16.2. The molecule has 0 aliphatic carbocycles. The van der Waals surface area contributed by atoms with Crippen molar-refractivity contribution in [2.45, 2.75) is 26.2 Å². The number of amides is 1. The average Bonchev–Trinajstić information content (AvgIpc) is 3.12. The first-order valence-corrected chi connectivity index (χ1v) is 9.64. The molecule has 3 aromatic rings. The van der Waals surface area contributed by atoms with Crippen LogP contribution < -0.4 is 15.0 Å². The van der Waals surface area contributed by atoms with Gasteiger partial charge >= 0.3 is 6.09 Å². The predicted molar refractivity (Wildman–Crippen MR) is 114 cm³/mol. The van der Waals surface area contributed by atoms with Crippen molar-refractivity contribution >= 4 is 23.2 Å². The summed E-state index contributed by atoms with van der Waals surface area (Å²) in [5.74, 6) is 1.02. The molecule has 28 heavy (non-hydrogen) atoms. The predicted octanol–water partition coefficient (Wildman–Crippen LogP) is 6.12. The van der Waals surface area contributed by atoms with Crippen LogP contribution in [0.4, 0.5) is 21.9 Å². The minimum Gasteiger partial charge on any atom is -0.410 e. The van der Waals surface area contributed by atoms with Crippen molar-refractivity contribution < 1.29 is 9.53 Å². The summed E-state index contributed by atoms with van der Waals surface area (Å²) in [5, 5.41) is 2.79. The highest BCUT2D eigenvalue weighted by molar-refractivity contribution is 5.86. The Hall–Kier alpha value is -3.27. The highest BCUT2D eigenvalue weighted by Crippen LogP contribution is 2.36. The fraction of sp³-hybridized carbons (Fsp3) is 0.208. The number of para-hydroxylation sites is 1. The molecule has 0 saturated heterocycles. The molecule has 0 fully saturated rings. The quantitative estimate of drug-likeness (QED) is 0.600. The number of nitrogens with zero attached hydrogens (tertiary/aromatic N) is 1. The summed E-state index contributed by atoms with van der Waals surface area (Å²) < 4.78 is 5.49. The van der Waals surface area contributed by atoms with E-state index in [1.807, 2.05) is 60.7 Å². The smallest absolute Gasteiger partial charge is 0.410 e. The lowest BCUT2D eigenvalue weighted by molar-refractivity contribution is 0.215. The van der Waals surface area contributed by atoms with Gasteiger partial charge in [0.15, 0.2) is 0 Å². The average molecular weight is 372 g/mol. The number of ether oxygens (including phenoxy) is 1. The number of carbonyl (C=O) groups is 1. The Kier molecular flexibility index (Phi) is 5.02. The van der Waals surface area contributed by atoms with E-state index >= 15 is 0 Å². The zero-order chi connectivity index (χ0) is 19.5. The first-order chi connectivity index (χ1) is 13.6. The zero-order valence-corrected chi connectivity index (χ0v) is 16.2. The summed E-state index contributed by atoms with van der Waals surface area (Å²) >= 11 is 0. The van der Waals surface area contributed by atoms with Gasteiger partial charge < -0.3 is 9.64 Å². The van der Waals surface area contributed by atoms with E-state index in [1.54, 1.807) is 0 Å². The molecule has 1 heterocycles. The van der Waals surface area contributed by atoms with Crippen LogP contribution in [-0.2, 0) is 6.42 Å². The third-order valence-corrected chi connectivity index (χ3v) is 5.05. The van der Waals surface area contributed by atoms with Crippen molar-refractivity contribution in [3.63, 3.8) is 0 Å². The van der Waals surface area contributed by atoms with Gasteiger partial charge in [-0.15, -0.1) is 0 Å². The summed E-state index contributed by atoms with van der Waals surface area (Å²) in [6.45, 7) is 5.21. The topological polar surface area (TPSA) is 41.6 Å². The maximum absolute atomic E-state index is 12.2. The highest BCUT2D eigenvalue weighted by Gasteiger charge is 2.21. The van der Waals surface area contributed by atoms with Crippen LogP contribution in [0.15, 0.2) is 72.8 Å².